The van der Waals surface area contributed by atoms with E-state index in [4.69, 9.17) is 4.74 Å². The lowest BCUT2D eigenvalue weighted by Gasteiger charge is -2.24. The minimum atomic E-state index is -3.89. The van der Waals surface area contributed by atoms with Crippen molar-refractivity contribution in [3.8, 4) is 0 Å². The largest absolute Gasteiger partial charge is 0.452 e. The molecule has 0 saturated carbocycles. The minimum Gasteiger partial charge on any atom is -0.452 e. The van der Waals surface area contributed by atoms with Crippen LogP contribution in [0.4, 0.5) is 11.4 Å². The summed E-state index contributed by atoms with van der Waals surface area (Å²) in [7, 11) is -2.30. The molecule has 33 heavy (non-hydrogen) atoms. The maximum atomic E-state index is 13.4. The van der Waals surface area contributed by atoms with Gasteiger partial charge >= 0.3 is 5.97 Å². The monoisotopic (exact) mass is 464 g/mol. The summed E-state index contributed by atoms with van der Waals surface area (Å²) in [6, 6.07) is 21.8. The van der Waals surface area contributed by atoms with Gasteiger partial charge in [0, 0.05) is 18.8 Å². The molecule has 4 rings (SSSR count). The van der Waals surface area contributed by atoms with E-state index in [0.29, 0.717) is 17.8 Å². The van der Waals surface area contributed by atoms with Gasteiger partial charge in [0.25, 0.3) is 15.9 Å². The Morgan fingerprint density at radius 2 is 1.70 bits per heavy atom. The highest BCUT2D eigenvalue weighted by Gasteiger charge is 2.36. The van der Waals surface area contributed by atoms with Crippen molar-refractivity contribution in [2.24, 2.45) is 0 Å². The van der Waals surface area contributed by atoms with Crippen LogP contribution < -0.4 is 9.21 Å². The molecule has 8 heteroatoms. The van der Waals surface area contributed by atoms with Crippen LogP contribution in [-0.2, 0) is 26.0 Å². The van der Waals surface area contributed by atoms with E-state index in [-0.39, 0.29) is 16.5 Å². The summed E-state index contributed by atoms with van der Waals surface area (Å²) in [5.41, 5.74) is 2.34. The number of ether oxygens (including phenoxy) is 1. The van der Waals surface area contributed by atoms with E-state index in [1.807, 2.05) is 25.1 Å². The van der Waals surface area contributed by atoms with Crippen molar-refractivity contribution in [1.82, 2.24) is 0 Å². The number of amides is 1. The number of sulfonamides is 1. The highest BCUT2D eigenvalue weighted by atomic mass is 32.2. The number of hydrogen-bond acceptors (Lipinski definition) is 5. The quantitative estimate of drug-likeness (QED) is 0.520. The number of esters is 1. The molecule has 0 aliphatic carbocycles. The first-order valence-electron chi connectivity index (χ1n) is 10.5. The van der Waals surface area contributed by atoms with Crippen molar-refractivity contribution in [3.05, 3.63) is 90.0 Å². The van der Waals surface area contributed by atoms with E-state index in [1.165, 1.54) is 33.5 Å². The number of para-hydroxylation sites is 2. The van der Waals surface area contributed by atoms with Gasteiger partial charge in [0.1, 0.15) is 0 Å². The predicted molar refractivity (Wildman–Crippen MR) is 126 cm³/mol. The number of benzene rings is 3. The van der Waals surface area contributed by atoms with Crippen LogP contribution in [0, 0.1) is 0 Å². The zero-order valence-electron chi connectivity index (χ0n) is 18.3. The summed E-state index contributed by atoms with van der Waals surface area (Å²) < 4.78 is 33.4. The topological polar surface area (TPSA) is 84.0 Å². The lowest BCUT2D eigenvalue weighted by atomic mass is 10.1. The molecule has 0 fully saturated rings. The standard InChI is InChI=1S/C25H24N2O5S/c1-18-15-19-9-6-7-14-23(19)27(18)33(30,31)22-13-8-10-20(16-22)25(29)32-17-24(28)26(2)21-11-4-3-5-12-21/h3-14,16,18H,15,17H2,1-2H3/t18-/m0/s1. The molecular formula is C25H24N2O5S. The fourth-order valence-electron chi connectivity index (χ4n) is 3.90. The van der Waals surface area contributed by atoms with Crippen molar-refractivity contribution in [2.75, 3.05) is 22.9 Å². The first-order chi connectivity index (χ1) is 15.8. The van der Waals surface area contributed by atoms with Crippen LogP contribution in [-0.4, -0.2) is 40.0 Å². The Morgan fingerprint density at radius 3 is 2.45 bits per heavy atom. The van der Waals surface area contributed by atoms with Crippen molar-refractivity contribution < 1.29 is 22.7 Å². The van der Waals surface area contributed by atoms with E-state index >= 15 is 0 Å². The Kier molecular flexibility index (Phi) is 6.20. The molecule has 0 saturated heterocycles. The highest BCUT2D eigenvalue weighted by Crippen LogP contribution is 2.36. The second kappa shape index (κ2) is 9.07. The summed E-state index contributed by atoms with van der Waals surface area (Å²) in [5.74, 6) is -1.17. The smallest absolute Gasteiger partial charge is 0.338 e. The Labute approximate surface area is 193 Å². The first-order valence-corrected chi connectivity index (χ1v) is 11.9. The zero-order valence-corrected chi connectivity index (χ0v) is 19.2. The van der Waals surface area contributed by atoms with Crippen molar-refractivity contribution in [1.29, 1.82) is 0 Å². The van der Waals surface area contributed by atoms with Gasteiger partial charge in [-0.25, -0.2) is 13.2 Å². The number of rotatable bonds is 6. The van der Waals surface area contributed by atoms with Gasteiger partial charge in [-0.1, -0.05) is 42.5 Å². The molecule has 0 unspecified atom stereocenters. The normalized spacial score (nSPS) is 15.1. The van der Waals surface area contributed by atoms with E-state index in [9.17, 15) is 18.0 Å². The number of fused-ring (bicyclic) bond motifs is 1. The predicted octanol–water partition coefficient (Wildman–Crippen LogP) is 3.65. The molecule has 1 heterocycles. The fourth-order valence-corrected chi connectivity index (χ4v) is 5.64. The van der Waals surface area contributed by atoms with E-state index in [1.54, 1.807) is 43.4 Å². The van der Waals surface area contributed by atoms with E-state index < -0.39 is 28.5 Å². The van der Waals surface area contributed by atoms with Gasteiger partial charge in [-0.15, -0.1) is 0 Å². The van der Waals surface area contributed by atoms with Crippen molar-refractivity contribution in [3.63, 3.8) is 0 Å². The summed E-state index contributed by atoms with van der Waals surface area (Å²) in [6.45, 7) is 1.39. The number of carbonyl (C=O) groups is 2. The van der Waals surface area contributed by atoms with Crippen LogP contribution in [0.1, 0.15) is 22.8 Å². The summed E-state index contributed by atoms with van der Waals surface area (Å²) >= 11 is 0. The van der Waals surface area contributed by atoms with Gasteiger partial charge in [-0.3, -0.25) is 9.10 Å². The molecule has 0 aromatic heterocycles. The number of hydrogen-bond donors (Lipinski definition) is 0. The zero-order chi connectivity index (χ0) is 23.6. The Hall–Kier alpha value is -3.65. The molecule has 0 radical (unpaired) electrons. The maximum Gasteiger partial charge on any atom is 0.338 e. The fraction of sp³-hybridized carbons (Fsp3) is 0.200. The third-order valence-electron chi connectivity index (χ3n) is 5.62. The average Bonchev–Trinajstić information content (AvgIpc) is 3.18. The van der Waals surface area contributed by atoms with Crippen LogP contribution in [0.2, 0.25) is 0 Å². The molecular weight excluding hydrogens is 440 g/mol. The van der Waals surface area contributed by atoms with Gasteiger partial charge in [-0.05, 0) is 55.3 Å². The molecule has 170 valence electrons. The third-order valence-corrected chi connectivity index (χ3v) is 7.54. The number of anilines is 2. The minimum absolute atomic E-state index is 0.00627. The third kappa shape index (κ3) is 4.47. The Balaban J connectivity index is 1.50. The molecule has 3 aromatic rings. The van der Waals surface area contributed by atoms with E-state index in [2.05, 4.69) is 0 Å². The molecule has 1 atom stereocenters. The second-order valence-corrected chi connectivity index (χ2v) is 9.69. The summed E-state index contributed by atoms with van der Waals surface area (Å²) in [6.07, 6.45) is 0.619. The van der Waals surface area contributed by atoms with Gasteiger partial charge in [0.2, 0.25) is 0 Å². The SMILES string of the molecule is C[C@H]1Cc2ccccc2N1S(=O)(=O)c1cccc(C(=O)OCC(=O)N(C)c2ccccc2)c1. The van der Waals surface area contributed by atoms with Crippen LogP contribution in [0.5, 0.6) is 0 Å². The molecule has 1 aliphatic rings. The van der Waals surface area contributed by atoms with Crippen LogP contribution in [0.25, 0.3) is 0 Å². The van der Waals surface area contributed by atoms with Gasteiger partial charge < -0.3 is 9.64 Å². The first kappa shape index (κ1) is 22.5. The molecule has 1 aliphatic heterocycles. The van der Waals surface area contributed by atoms with Gasteiger partial charge in [0.15, 0.2) is 6.61 Å². The molecule has 7 nitrogen and oxygen atoms in total. The molecule has 0 spiro atoms. The number of nitrogens with zero attached hydrogens (tertiary/aromatic N) is 2. The molecule has 0 N–H and O–H groups in total. The van der Waals surface area contributed by atoms with E-state index in [0.717, 1.165) is 5.56 Å². The maximum absolute atomic E-state index is 13.4. The Morgan fingerprint density at radius 1 is 1.00 bits per heavy atom. The number of carbonyl (C=O) groups excluding carboxylic acids is 2. The lowest BCUT2D eigenvalue weighted by Crippen LogP contribution is -2.35. The lowest BCUT2D eigenvalue weighted by molar-refractivity contribution is -0.121. The number of likely N-dealkylation sites (N-methyl/N-ethyl adjacent to an activating group) is 1. The average molecular weight is 465 g/mol. The summed E-state index contributed by atoms with van der Waals surface area (Å²) in [4.78, 5) is 26.3. The second-order valence-electron chi connectivity index (χ2n) is 7.87. The summed E-state index contributed by atoms with van der Waals surface area (Å²) in [5, 5.41) is 0. The molecule has 3 aromatic carbocycles. The van der Waals surface area contributed by atoms with Gasteiger partial charge in [0.05, 0.1) is 16.1 Å². The van der Waals surface area contributed by atoms with Crippen molar-refractivity contribution in [2.45, 2.75) is 24.3 Å². The van der Waals surface area contributed by atoms with Crippen LogP contribution in [0.3, 0.4) is 0 Å². The van der Waals surface area contributed by atoms with Crippen LogP contribution >= 0.6 is 0 Å². The Bertz CT molecular complexity index is 1290. The van der Waals surface area contributed by atoms with Crippen LogP contribution in [0.15, 0.2) is 83.8 Å². The van der Waals surface area contributed by atoms with Crippen molar-refractivity contribution >= 4 is 33.3 Å². The molecule has 1 amide bonds. The highest BCUT2D eigenvalue weighted by molar-refractivity contribution is 7.92. The molecule has 0 bridgehead atoms. The van der Waals surface area contributed by atoms with Gasteiger partial charge in [-0.2, -0.15) is 0 Å².